The molecule has 2 heterocycles. The minimum Gasteiger partial charge on any atom is -0.480 e. The van der Waals surface area contributed by atoms with Gasteiger partial charge in [0.05, 0.1) is 11.3 Å². The van der Waals surface area contributed by atoms with Gasteiger partial charge in [-0.2, -0.15) is 0 Å². The van der Waals surface area contributed by atoms with E-state index >= 15 is 0 Å². The first-order chi connectivity index (χ1) is 12.0. The first kappa shape index (κ1) is 16.6. The summed E-state index contributed by atoms with van der Waals surface area (Å²) in [4.78, 5) is 40.0. The lowest BCUT2D eigenvalue weighted by molar-refractivity contribution is -0.384. The van der Waals surface area contributed by atoms with Gasteiger partial charge in [0, 0.05) is 30.6 Å². The van der Waals surface area contributed by atoms with E-state index in [2.05, 4.69) is 4.98 Å². The lowest BCUT2D eigenvalue weighted by Crippen LogP contribution is -2.48. The van der Waals surface area contributed by atoms with E-state index < -0.39 is 22.8 Å². The molecule has 9 nitrogen and oxygen atoms in total. The molecule has 0 spiro atoms. The zero-order chi connectivity index (χ0) is 18.0. The van der Waals surface area contributed by atoms with Crippen molar-refractivity contribution >= 4 is 17.6 Å². The summed E-state index contributed by atoms with van der Waals surface area (Å²) in [6.07, 6.45) is 6.32. The van der Waals surface area contributed by atoms with E-state index in [-0.39, 0.29) is 16.9 Å². The van der Waals surface area contributed by atoms with Crippen LogP contribution in [-0.4, -0.2) is 48.9 Å². The first-order valence-corrected chi connectivity index (χ1v) is 7.79. The van der Waals surface area contributed by atoms with Crippen molar-refractivity contribution in [3.8, 4) is 5.69 Å². The van der Waals surface area contributed by atoms with Crippen LogP contribution < -0.4 is 0 Å². The van der Waals surface area contributed by atoms with Crippen molar-refractivity contribution < 1.29 is 19.6 Å². The van der Waals surface area contributed by atoms with Crippen LogP contribution in [0, 0.1) is 10.1 Å². The normalized spacial score (nSPS) is 17.3. The molecule has 130 valence electrons. The van der Waals surface area contributed by atoms with E-state index in [1.165, 1.54) is 40.2 Å². The largest absolute Gasteiger partial charge is 0.480 e. The van der Waals surface area contributed by atoms with Gasteiger partial charge in [0.25, 0.3) is 11.6 Å². The van der Waals surface area contributed by atoms with Crippen LogP contribution in [0.25, 0.3) is 5.69 Å². The van der Waals surface area contributed by atoms with Gasteiger partial charge in [-0.15, -0.1) is 0 Å². The Kier molecular flexibility index (Phi) is 4.46. The molecule has 1 unspecified atom stereocenters. The number of nitro benzene ring substituents is 1. The molecule has 0 saturated carbocycles. The van der Waals surface area contributed by atoms with E-state index in [0.29, 0.717) is 19.4 Å². The van der Waals surface area contributed by atoms with Gasteiger partial charge in [-0.3, -0.25) is 14.9 Å². The Morgan fingerprint density at radius 3 is 2.76 bits per heavy atom. The van der Waals surface area contributed by atoms with Crippen LogP contribution >= 0.6 is 0 Å². The van der Waals surface area contributed by atoms with E-state index in [9.17, 15) is 24.8 Å². The number of carboxylic acid groups (broad SMARTS) is 1. The molecule has 1 aromatic carbocycles. The number of aromatic nitrogens is 2. The number of aliphatic carboxylic acids is 1. The first-order valence-electron chi connectivity index (χ1n) is 7.79. The van der Waals surface area contributed by atoms with Crippen LogP contribution in [-0.2, 0) is 4.79 Å². The number of likely N-dealkylation sites (tertiary alicyclic amines) is 1. The molecule has 1 aromatic heterocycles. The Bertz CT molecular complexity index is 818. The van der Waals surface area contributed by atoms with Gasteiger partial charge in [0.2, 0.25) is 0 Å². The van der Waals surface area contributed by atoms with Crippen LogP contribution in [0.3, 0.4) is 0 Å². The van der Waals surface area contributed by atoms with Crippen LogP contribution in [0.5, 0.6) is 0 Å². The fourth-order valence-electron chi connectivity index (χ4n) is 3.02. The smallest absolute Gasteiger partial charge is 0.326 e. The molecule has 3 rings (SSSR count). The van der Waals surface area contributed by atoms with Crippen molar-refractivity contribution in [2.75, 3.05) is 6.54 Å². The maximum atomic E-state index is 12.7. The molecular weight excluding hydrogens is 328 g/mol. The van der Waals surface area contributed by atoms with Gasteiger partial charge in [-0.1, -0.05) is 0 Å². The zero-order valence-electron chi connectivity index (χ0n) is 13.2. The lowest BCUT2D eigenvalue weighted by atomic mass is 10.0. The molecule has 9 heteroatoms. The molecule has 25 heavy (non-hydrogen) atoms. The summed E-state index contributed by atoms with van der Waals surface area (Å²) in [5.41, 5.74) is 0.143. The molecular formula is C16H16N4O5. The average molecular weight is 344 g/mol. The maximum absolute atomic E-state index is 12.7. The van der Waals surface area contributed by atoms with Gasteiger partial charge in [0.1, 0.15) is 11.7 Å². The van der Waals surface area contributed by atoms with Crippen LogP contribution in [0.1, 0.15) is 29.6 Å². The third kappa shape index (κ3) is 3.21. The van der Waals surface area contributed by atoms with Crippen molar-refractivity contribution in [2.24, 2.45) is 0 Å². The summed E-state index contributed by atoms with van der Waals surface area (Å²) in [6, 6.07) is 3.23. The number of carbonyl (C=O) groups excluding carboxylic acids is 1. The molecule has 2 aromatic rings. The van der Waals surface area contributed by atoms with E-state index in [1.54, 1.807) is 6.20 Å². The van der Waals surface area contributed by atoms with Crippen LogP contribution in [0.15, 0.2) is 36.9 Å². The number of imidazole rings is 1. The summed E-state index contributed by atoms with van der Waals surface area (Å²) in [6.45, 7) is 0.326. The fraction of sp³-hybridized carbons (Fsp3) is 0.312. The Hall–Kier alpha value is -3.23. The van der Waals surface area contributed by atoms with Crippen molar-refractivity contribution in [1.82, 2.24) is 14.5 Å². The second kappa shape index (κ2) is 6.71. The van der Waals surface area contributed by atoms with Crippen molar-refractivity contribution in [2.45, 2.75) is 25.3 Å². The maximum Gasteiger partial charge on any atom is 0.326 e. The molecule has 0 aliphatic carbocycles. The third-order valence-electron chi connectivity index (χ3n) is 4.25. The Labute approximate surface area is 142 Å². The fourth-order valence-corrected chi connectivity index (χ4v) is 3.02. The molecule has 0 bridgehead atoms. The Balaban J connectivity index is 1.97. The van der Waals surface area contributed by atoms with Gasteiger partial charge in [0.15, 0.2) is 0 Å². The number of benzene rings is 1. The van der Waals surface area contributed by atoms with E-state index in [4.69, 9.17) is 0 Å². The lowest BCUT2D eigenvalue weighted by Gasteiger charge is -2.33. The summed E-state index contributed by atoms with van der Waals surface area (Å²) in [7, 11) is 0. The van der Waals surface area contributed by atoms with Crippen LogP contribution in [0.4, 0.5) is 5.69 Å². The van der Waals surface area contributed by atoms with Gasteiger partial charge >= 0.3 is 5.97 Å². The number of carboxylic acids is 1. The number of hydrogen-bond donors (Lipinski definition) is 1. The molecule has 1 aliphatic heterocycles. The monoisotopic (exact) mass is 344 g/mol. The number of piperidine rings is 1. The van der Waals surface area contributed by atoms with Crippen molar-refractivity contribution in [3.05, 3.63) is 52.6 Å². The molecule has 1 atom stereocenters. The standard InChI is InChI=1S/C16H16N4O5/c21-15(19-7-2-1-3-13(19)16(22)23)11-4-5-12(14(9-11)20(24)25)18-8-6-17-10-18/h4-6,8-10,13H,1-3,7H2,(H,22,23). The zero-order valence-corrected chi connectivity index (χ0v) is 13.2. The minimum absolute atomic E-state index is 0.101. The van der Waals surface area contributed by atoms with Gasteiger partial charge in [-0.25, -0.2) is 9.78 Å². The molecule has 1 fully saturated rings. The molecule has 1 N–H and O–H groups in total. The number of nitro groups is 1. The molecule has 1 saturated heterocycles. The highest BCUT2D eigenvalue weighted by atomic mass is 16.6. The highest BCUT2D eigenvalue weighted by Crippen LogP contribution is 2.26. The summed E-state index contributed by atoms with van der Waals surface area (Å²) < 4.78 is 1.48. The molecule has 1 amide bonds. The highest BCUT2D eigenvalue weighted by Gasteiger charge is 2.33. The summed E-state index contributed by atoms with van der Waals surface area (Å²) >= 11 is 0. The number of rotatable bonds is 4. The Morgan fingerprint density at radius 2 is 2.12 bits per heavy atom. The number of hydrogen-bond acceptors (Lipinski definition) is 5. The predicted octanol–water partition coefficient (Wildman–Crippen LogP) is 1.86. The number of amides is 1. The van der Waals surface area contributed by atoms with Crippen molar-refractivity contribution in [3.63, 3.8) is 0 Å². The Morgan fingerprint density at radius 1 is 1.32 bits per heavy atom. The second-order valence-electron chi connectivity index (χ2n) is 5.78. The minimum atomic E-state index is -1.06. The number of carbonyl (C=O) groups is 2. The van der Waals surface area contributed by atoms with Gasteiger partial charge in [-0.05, 0) is 31.4 Å². The third-order valence-corrected chi connectivity index (χ3v) is 4.25. The summed E-state index contributed by atoms with van der Waals surface area (Å²) in [5.74, 6) is -1.56. The SMILES string of the molecule is O=C(O)C1CCCCN1C(=O)c1ccc(-n2ccnc2)c([N+](=O)[O-])c1. The van der Waals surface area contributed by atoms with E-state index in [0.717, 1.165) is 6.42 Å². The number of nitrogens with zero attached hydrogens (tertiary/aromatic N) is 4. The summed E-state index contributed by atoms with van der Waals surface area (Å²) in [5, 5.41) is 20.7. The predicted molar refractivity (Wildman–Crippen MR) is 86.5 cm³/mol. The van der Waals surface area contributed by atoms with Crippen LogP contribution in [0.2, 0.25) is 0 Å². The van der Waals surface area contributed by atoms with E-state index in [1.807, 2.05) is 0 Å². The topological polar surface area (TPSA) is 119 Å². The average Bonchev–Trinajstić information content (AvgIpc) is 3.15. The molecule has 0 radical (unpaired) electrons. The molecule has 1 aliphatic rings. The highest BCUT2D eigenvalue weighted by molar-refractivity contribution is 5.97. The van der Waals surface area contributed by atoms with Gasteiger partial charge < -0.3 is 14.6 Å². The second-order valence-corrected chi connectivity index (χ2v) is 5.78. The quantitative estimate of drug-likeness (QED) is 0.668. The van der Waals surface area contributed by atoms with Crippen molar-refractivity contribution in [1.29, 1.82) is 0 Å².